The number of thiazole rings is 1. The van der Waals surface area contributed by atoms with Crippen LogP contribution >= 0.6 is 28.3 Å². The minimum absolute atomic E-state index is 0. The van der Waals surface area contributed by atoms with E-state index in [9.17, 15) is 13.2 Å². The van der Waals surface area contributed by atoms with Crippen LogP contribution in [0.3, 0.4) is 0 Å². The van der Waals surface area contributed by atoms with E-state index >= 15 is 0 Å². The van der Waals surface area contributed by atoms with Crippen LogP contribution in [0.15, 0.2) is 23.7 Å². The van der Waals surface area contributed by atoms with Gasteiger partial charge in [-0.15, -0.1) is 28.3 Å². The van der Waals surface area contributed by atoms with Crippen LogP contribution in [0.1, 0.15) is 10.6 Å². The molecular formula is C11H7BrF3N3S. The number of nitrogens with zero attached hydrogens (tertiary/aromatic N) is 3. The van der Waals surface area contributed by atoms with Crippen LogP contribution in [-0.2, 0) is 12.7 Å². The smallest absolute Gasteiger partial charge is 0.309 e. The van der Waals surface area contributed by atoms with Gasteiger partial charge in [-0.2, -0.15) is 13.2 Å². The Morgan fingerprint density at radius 2 is 2.00 bits per heavy atom. The van der Waals surface area contributed by atoms with Crippen LogP contribution < -0.4 is 0 Å². The summed E-state index contributed by atoms with van der Waals surface area (Å²) in [4.78, 5) is 11.0. The van der Waals surface area contributed by atoms with Crippen molar-refractivity contribution in [2.45, 2.75) is 12.7 Å². The van der Waals surface area contributed by atoms with E-state index in [1.54, 1.807) is 5.38 Å². The number of hydrogen-bond donors (Lipinski definition) is 0. The summed E-state index contributed by atoms with van der Waals surface area (Å²) in [6.07, 6.45) is -3.61. The van der Waals surface area contributed by atoms with E-state index in [-0.39, 0.29) is 23.5 Å². The van der Waals surface area contributed by atoms with Gasteiger partial charge in [-0.3, -0.25) is 4.98 Å². The van der Waals surface area contributed by atoms with Crippen LogP contribution in [0.25, 0.3) is 16.2 Å². The van der Waals surface area contributed by atoms with Gasteiger partial charge in [0.05, 0.1) is 11.3 Å². The van der Waals surface area contributed by atoms with Crippen LogP contribution in [0.2, 0.25) is 0 Å². The van der Waals surface area contributed by atoms with Gasteiger partial charge < -0.3 is 4.85 Å². The Hall–Kier alpha value is -1.46. The number of alkyl halides is 3. The maximum absolute atomic E-state index is 12.3. The van der Waals surface area contributed by atoms with E-state index in [2.05, 4.69) is 14.8 Å². The first-order valence-corrected chi connectivity index (χ1v) is 5.70. The second-order valence-corrected chi connectivity index (χ2v) is 4.32. The van der Waals surface area contributed by atoms with Crippen molar-refractivity contribution in [1.29, 1.82) is 0 Å². The predicted octanol–water partition coefficient (Wildman–Crippen LogP) is 4.22. The van der Waals surface area contributed by atoms with Crippen molar-refractivity contribution in [3.63, 3.8) is 0 Å². The molecule has 0 fully saturated rings. The Balaban J connectivity index is 0.00000180. The van der Waals surface area contributed by atoms with Crippen molar-refractivity contribution < 1.29 is 13.2 Å². The molecule has 0 saturated heterocycles. The summed E-state index contributed by atoms with van der Waals surface area (Å²) in [6, 6.07) is 2.25. The highest BCUT2D eigenvalue weighted by molar-refractivity contribution is 8.93. The van der Waals surface area contributed by atoms with Gasteiger partial charge >= 0.3 is 6.18 Å². The topological polar surface area (TPSA) is 30.1 Å². The van der Waals surface area contributed by atoms with Crippen molar-refractivity contribution >= 4 is 28.3 Å². The Morgan fingerprint density at radius 1 is 1.26 bits per heavy atom. The molecule has 2 aromatic heterocycles. The molecule has 0 atom stereocenters. The standard InChI is InChI=1S/C11H6F3N3S.BrH/c1-15-5-10-17-9(6-18-10)8-3-2-7(4-16-8)11(12,13)14;/h2-4,6H,5H2;1H. The Kier molecular flexibility index (Phi) is 5.03. The monoisotopic (exact) mass is 349 g/mol. The Bertz CT molecular complexity index is 586. The molecule has 0 aliphatic rings. The highest BCUT2D eigenvalue weighted by atomic mass is 79.9. The van der Waals surface area contributed by atoms with Crippen LogP contribution in [-0.4, -0.2) is 9.97 Å². The molecule has 0 unspecified atom stereocenters. The van der Waals surface area contributed by atoms with Crippen molar-refractivity contribution in [3.05, 3.63) is 45.7 Å². The molecule has 2 heterocycles. The normalized spacial score (nSPS) is 10.6. The lowest BCUT2D eigenvalue weighted by atomic mass is 10.2. The van der Waals surface area contributed by atoms with E-state index in [0.717, 1.165) is 12.3 Å². The van der Waals surface area contributed by atoms with Gasteiger partial charge in [0.2, 0.25) is 0 Å². The maximum atomic E-state index is 12.3. The lowest BCUT2D eigenvalue weighted by Crippen LogP contribution is -2.05. The SMILES string of the molecule is Br.[C-]#[N+]Cc1nc(-c2ccc(C(F)(F)F)cn2)cs1. The second-order valence-electron chi connectivity index (χ2n) is 3.37. The van der Waals surface area contributed by atoms with E-state index < -0.39 is 11.7 Å². The molecule has 0 radical (unpaired) electrons. The van der Waals surface area contributed by atoms with Gasteiger partial charge in [-0.1, -0.05) is 0 Å². The first-order chi connectivity index (χ1) is 8.50. The van der Waals surface area contributed by atoms with E-state index in [0.29, 0.717) is 16.4 Å². The lowest BCUT2D eigenvalue weighted by molar-refractivity contribution is -0.137. The average molecular weight is 350 g/mol. The minimum atomic E-state index is -4.39. The molecule has 2 aromatic rings. The minimum Gasteiger partial charge on any atom is -0.309 e. The van der Waals surface area contributed by atoms with E-state index in [1.165, 1.54) is 17.4 Å². The molecule has 3 nitrogen and oxygen atoms in total. The fraction of sp³-hybridized carbons (Fsp3) is 0.182. The molecule has 0 N–H and O–H groups in total. The molecule has 0 bridgehead atoms. The largest absolute Gasteiger partial charge is 0.417 e. The third-order valence-corrected chi connectivity index (χ3v) is 2.95. The Morgan fingerprint density at radius 3 is 2.53 bits per heavy atom. The summed E-state index contributed by atoms with van der Waals surface area (Å²) < 4.78 is 37.0. The summed E-state index contributed by atoms with van der Waals surface area (Å²) in [5, 5.41) is 2.30. The van der Waals surface area contributed by atoms with Crippen molar-refractivity contribution in [1.82, 2.24) is 9.97 Å². The first kappa shape index (κ1) is 15.6. The number of hydrogen-bond acceptors (Lipinski definition) is 3. The summed E-state index contributed by atoms with van der Waals surface area (Å²) in [7, 11) is 0. The third kappa shape index (κ3) is 3.75. The molecule has 100 valence electrons. The summed E-state index contributed by atoms with van der Waals surface area (Å²) in [5.74, 6) is 0. The molecule has 0 aliphatic heterocycles. The number of pyridine rings is 1. The molecule has 0 aromatic carbocycles. The number of halogens is 4. The summed E-state index contributed by atoms with van der Waals surface area (Å²) in [5.41, 5.74) is 0.0747. The zero-order valence-electron chi connectivity index (χ0n) is 9.31. The van der Waals surface area contributed by atoms with Crippen molar-refractivity contribution in [2.75, 3.05) is 0 Å². The molecule has 0 spiro atoms. The van der Waals surface area contributed by atoms with Gasteiger partial charge in [0, 0.05) is 11.6 Å². The zero-order valence-corrected chi connectivity index (χ0v) is 11.8. The van der Waals surface area contributed by atoms with Gasteiger partial charge in [-0.25, -0.2) is 11.6 Å². The van der Waals surface area contributed by atoms with E-state index in [1.807, 2.05) is 0 Å². The highest BCUT2D eigenvalue weighted by Gasteiger charge is 2.30. The number of aromatic nitrogens is 2. The predicted molar refractivity (Wildman–Crippen MR) is 71.0 cm³/mol. The lowest BCUT2D eigenvalue weighted by Gasteiger charge is -2.05. The van der Waals surface area contributed by atoms with Crippen LogP contribution in [0, 0.1) is 6.57 Å². The van der Waals surface area contributed by atoms with Crippen LogP contribution in [0.5, 0.6) is 0 Å². The molecule has 19 heavy (non-hydrogen) atoms. The van der Waals surface area contributed by atoms with Crippen molar-refractivity contribution in [3.8, 4) is 11.4 Å². The van der Waals surface area contributed by atoms with Gasteiger partial charge in [0.1, 0.15) is 5.69 Å². The van der Waals surface area contributed by atoms with Gasteiger partial charge in [0.15, 0.2) is 5.01 Å². The van der Waals surface area contributed by atoms with Gasteiger partial charge in [-0.05, 0) is 12.1 Å². The molecule has 2 rings (SSSR count). The number of rotatable bonds is 2. The fourth-order valence-electron chi connectivity index (χ4n) is 1.28. The second kappa shape index (κ2) is 6.12. The zero-order chi connectivity index (χ0) is 13.2. The molecule has 8 heteroatoms. The molecule has 0 amide bonds. The molecule has 0 aliphatic carbocycles. The molecule has 0 saturated carbocycles. The summed E-state index contributed by atoms with van der Waals surface area (Å²) in [6.45, 7) is 6.87. The fourth-order valence-corrected chi connectivity index (χ4v) is 1.99. The van der Waals surface area contributed by atoms with Crippen molar-refractivity contribution in [2.24, 2.45) is 0 Å². The quantitative estimate of drug-likeness (QED) is 0.759. The van der Waals surface area contributed by atoms with Gasteiger partial charge in [0.25, 0.3) is 6.54 Å². The molecular weight excluding hydrogens is 343 g/mol. The first-order valence-electron chi connectivity index (χ1n) is 4.82. The Labute approximate surface area is 121 Å². The third-order valence-electron chi connectivity index (χ3n) is 2.12. The highest BCUT2D eigenvalue weighted by Crippen LogP contribution is 2.29. The average Bonchev–Trinajstić information content (AvgIpc) is 2.77. The van der Waals surface area contributed by atoms with E-state index in [4.69, 9.17) is 6.57 Å². The maximum Gasteiger partial charge on any atom is 0.417 e. The van der Waals surface area contributed by atoms with Crippen LogP contribution in [0.4, 0.5) is 13.2 Å². The summed E-state index contributed by atoms with van der Waals surface area (Å²) >= 11 is 1.29.